The summed E-state index contributed by atoms with van der Waals surface area (Å²) in [6.45, 7) is 9.00. The topological polar surface area (TPSA) is 35.8 Å². The smallest absolute Gasteiger partial charge is 0.102 e. The second-order valence-electron chi connectivity index (χ2n) is 7.12. The molecule has 0 aliphatic heterocycles. The quantitative estimate of drug-likeness (QED) is 0.831. The minimum Gasteiger partial charge on any atom is -0.381 e. The minimum absolute atomic E-state index is 0.314. The van der Waals surface area contributed by atoms with Crippen molar-refractivity contribution in [3.05, 3.63) is 29.3 Å². The van der Waals surface area contributed by atoms with E-state index in [1.165, 1.54) is 25.7 Å². The highest BCUT2D eigenvalue weighted by molar-refractivity contribution is 5.61. The third-order valence-corrected chi connectivity index (χ3v) is 4.60. The zero-order valence-corrected chi connectivity index (χ0v) is 13.2. The molecule has 1 aliphatic carbocycles. The molecule has 20 heavy (non-hydrogen) atoms. The predicted octanol–water partition coefficient (Wildman–Crippen LogP) is 4.88. The highest BCUT2D eigenvalue weighted by Gasteiger charge is 2.34. The van der Waals surface area contributed by atoms with Crippen LogP contribution in [0.4, 0.5) is 5.69 Å². The third kappa shape index (κ3) is 3.15. The molecule has 2 atom stereocenters. The van der Waals surface area contributed by atoms with E-state index in [0.717, 1.165) is 16.8 Å². The van der Waals surface area contributed by atoms with Crippen LogP contribution in [0.1, 0.15) is 57.6 Å². The van der Waals surface area contributed by atoms with Crippen LogP contribution in [0.3, 0.4) is 0 Å². The molecule has 2 heteroatoms. The fourth-order valence-electron chi connectivity index (χ4n) is 3.48. The van der Waals surface area contributed by atoms with Gasteiger partial charge in [-0.1, -0.05) is 45.7 Å². The van der Waals surface area contributed by atoms with Crippen molar-refractivity contribution in [2.75, 3.05) is 5.32 Å². The van der Waals surface area contributed by atoms with Gasteiger partial charge in [-0.25, -0.2) is 0 Å². The molecule has 0 saturated heterocycles. The van der Waals surface area contributed by atoms with Gasteiger partial charge in [0.05, 0.1) is 11.3 Å². The Morgan fingerprint density at radius 3 is 2.55 bits per heavy atom. The van der Waals surface area contributed by atoms with Gasteiger partial charge in [-0.05, 0) is 42.7 Å². The number of rotatable bonds is 2. The van der Waals surface area contributed by atoms with Crippen molar-refractivity contribution in [3.63, 3.8) is 0 Å². The van der Waals surface area contributed by atoms with Gasteiger partial charge in [0.25, 0.3) is 0 Å². The van der Waals surface area contributed by atoms with Gasteiger partial charge in [0.2, 0.25) is 0 Å². The lowest BCUT2D eigenvalue weighted by Crippen LogP contribution is -2.40. The van der Waals surface area contributed by atoms with Crippen molar-refractivity contribution in [1.29, 1.82) is 5.26 Å². The van der Waals surface area contributed by atoms with Gasteiger partial charge in [-0.3, -0.25) is 0 Å². The first-order valence-corrected chi connectivity index (χ1v) is 7.69. The Labute approximate surface area is 123 Å². The summed E-state index contributed by atoms with van der Waals surface area (Å²) in [7, 11) is 0. The van der Waals surface area contributed by atoms with Crippen molar-refractivity contribution in [2.45, 2.75) is 59.4 Å². The molecule has 0 aromatic heterocycles. The van der Waals surface area contributed by atoms with Crippen LogP contribution in [0.15, 0.2) is 18.2 Å². The van der Waals surface area contributed by atoms with Gasteiger partial charge < -0.3 is 5.32 Å². The average Bonchev–Trinajstić information content (AvgIpc) is 2.38. The lowest BCUT2D eigenvalue weighted by Gasteiger charge is -2.41. The van der Waals surface area contributed by atoms with Crippen molar-refractivity contribution in [2.24, 2.45) is 11.3 Å². The number of benzene rings is 1. The van der Waals surface area contributed by atoms with Gasteiger partial charge in [-0.2, -0.15) is 5.26 Å². The van der Waals surface area contributed by atoms with Crippen LogP contribution < -0.4 is 5.32 Å². The van der Waals surface area contributed by atoms with E-state index in [1.54, 1.807) is 0 Å². The van der Waals surface area contributed by atoms with Crippen LogP contribution in [-0.2, 0) is 0 Å². The average molecular weight is 270 g/mol. The summed E-state index contributed by atoms with van der Waals surface area (Å²) < 4.78 is 0. The lowest BCUT2D eigenvalue weighted by atomic mass is 9.69. The van der Waals surface area contributed by atoms with Crippen molar-refractivity contribution in [1.82, 2.24) is 0 Å². The van der Waals surface area contributed by atoms with E-state index in [9.17, 15) is 5.26 Å². The van der Waals surface area contributed by atoms with E-state index < -0.39 is 0 Å². The summed E-state index contributed by atoms with van der Waals surface area (Å²) in [5.41, 5.74) is 3.18. The van der Waals surface area contributed by atoms with E-state index >= 15 is 0 Å². The highest BCUT2D eigenvalue weighted by Crippen LogP contribution is 2.39. The first-order valence-electron chi connectivity index (χ1n) is 7.69. The Kier molecular flexibility index (Phi) is 4.38. The minimum atomic E-state index is 0.314. The number of hydrogen-bond acceptors (Lipinski definition) is 2. The van der Waals surface area contributed by atoms with Gasteiger partial charge in [0.1, 0.15) is 6.07 Å². The van der Waals surface area contributed by atoms with E-state index in [2.05, 4.69) is 32.2 Å². The first-order chi connectivity index (χ1) is 9.43. The predicted molar refractivity (Wildman–Crippen MR) is 84.7 cm³/mol. The summed E-state index contributed by atoms with van der Waals surface area (Å²) in [5.74, 6) is 0.670. The molecule has 1 aromatic rings. The molecule has 0 spiro atoms. The molecule has 0 bridgehead atoms. The number of aryl methyl sites for hydroxylation is 1. The van der Waals surface area contributed by atoms with Crippen molar-refractivity contribution in [3.8, 4) is 6.07 Å². The summed E-state index contributed by atoms with van der Waals surface area (Å²) >= 11 is 0. The standard InChI is InChI=1S/C18H26N2/c1-13-8-7-11-16(14(13)12-19)20-17-10-6-5-9-15(17)18(2,3)4/h7-8,11,15,17,20H,5-6,9-10H2,1-4H3. The number of hydrogen-bond donors (Lipinski definition) is 1. The Morgan fingerprint density at radius 1 is 1.20 bits per heavy atom. The first kappa shape index (κ1) is 14.9. The van der Waals surface area contributed by atoms with Crippen LogP contribution in [0.2, 0.25) is 0 Å². The molecule has 0 radical (unpaired) electrons. The molecule has 2 nitrogen and oxygen atoms in total. The molecular formula is C18H26N2. The molecule has 2 rings (SSSR count). The van der Waals surface area contributed by atoms with Gasteiger partial charge >= 0.3 is 0 Å². The molecule has 0 amide bonds. The normalized spacial score (nSPS) is 23.1. The Hall–Kier alpha value is -1.49. The second kappa shape index (κ2) is 5.87. The number of nitrogens with one attached hydrogen (secondary N) is 1. The summed E-state index contributed by atoms with van der Waals surface area (Å²) in [6.07, 6.45) is 5.12. The molecule has 1 aromatic carbocycles. The van der Waals surface area contributed by atoms with E-state index in [1.807, 2.05) is 25.1 Å². The molecule has 0 heterocycles. The van der Waals surface area contributed by atoms with Crippen LogP contribution in [0.25, 0.3) is 0 Å². The van der Waals surface area contributed by atoms with Crippen LogP contribution >= 0.6 is 0 Å². The molecule has 1 N–H and O–H groups in total. The Morgan fingerprint density at radius 2 is 1.90 bits per heavy atom. The van der Waals surface area contributed by atoms with Crippen molar-refractivity contribution < 1.29 is 0 Å². The summed E-state index contributed by atoms with van der Waals surface area (Å²) in [6, 6.07) is 8.91. The zero-order chi connectivity index (χ0) is 14.8. The zero-order valence-electron chi connectivity index (χ0n) is 13.2. The number of anilines is 1. The Bertz CT molecular complexity index is 505. The van der Waals surface area contributed by atoms with Gasteiger partial charge in [-0.15, -0.1) is 0 Å². The molecule has 1 saturated carbocycles. The monoisotopic (exact) mass is 270 g/mol. The highest BCUT2D eigenvalue weighted by atomic mass is 14.9. The van der Waals surface area contributed by atoms with Crippen LogP contribution in [0, 0.1) is 29.6 Å². The molecule has 2 unspecified atom stereocenters. The summed E-state index contributed by atoms with van der Waals surface area (Å²) in [4.78, 5) is 0. The van der Waals surface area contributed by atoms with Gasteiger partial charge in [0.15, 0.2) is 0 Å². The molecular weight excluding hydrogens is 244 g/mol. The van der Waals surface area contributed by atoms with Crippen LogP contribution in [-0.4, -0.2) is 6.04 Å². The summed E-state index contributed by atoms with van der Waals surface area (Å²) in [5, 5.41) is 13.0. The molecule has 1 fully saturated rings. The number of nitriles is 1. The second-order valence-corrected chi connectivity index (χ2v) is 7.12. The van der Waals surface area contributed by atoms with Gasteiger partial charge in [0, 0.05) is 6.04 Å². The molecule has 108 valence electrons. The fourth-order valence-corrected chi connectivity index (χ4v) is 3.48. The third-order valence-electron chi connectivity index (χ3n) is 4.60. The van der Waals surface area contributed by atoms with Crippen LogP contribution in [0.5, 0.6) is 0 Å². The van der Waals surface area contributed by atoms with E-state index in [4.69, 9.17) is 0 Å². The lowest BCUT2D eigenvalue weighted by molar-refractivity contribution is 0.163. The van der Waals surface area contributed by atoms with Crippen molar-refractivity contribution >= 4 is 5.69 Å². The maximum absolute atomic E-state index is 9.36. The Balaban J connectivity index is 2.24. The maximum Gasteiger partial charge on any atom is 0.102 e. The SMILES string of the molecule is Cc1cccc(NC2CCCCC2C(C)(C)C)c1C#N. The van der Waals surface area contributed by atoms with E-state index in [0.29, 0.717) is 17.4 Å². The number of nitrogens with zero attached hydrogens (tertiary/aromatic N) is 1. The largest absolute Gasteiger partial charge is 0.381 e. The maximum atomic E-state index is 9.36. The molecule has 1 aliphatic rings. The fraction of sp³-hybridized carbons (Fsp3) is 0.611. The van der Waals surface area contributed by atoms with E-state index in [-0.39, 0.29) is 0 Å².